The molecule has 0 aromatic heterocycles. The third kappa shape index (κ3) is 2.19. The maximum atomic E-state index is 11.9. The fraction of sp³-hybridized carbons (Fsp3) is 0.750. The predicted octanol–water partition coefficient (Wildman–Crippen LogP) is -0.855. The van der Waals surface area contributed by atoms with E-state index in [1.54, 1.807) is 0 Å². The van der Waals surface area contributed by atoms with Crippen LogP contribution in [0.5, 0.6) is 0 Å². The number of rotatable bonds is 3. The van der Waals surface area contributed by atoms with E-state index in [1.807, 2.05) is 4.90 Å². The van der Waals surface area contributed by atoms with Crippen LogP contribution in [0.1, 0.15) is 32.1 Å². The second-order valence-corrected chi connectivity index (χ2v) is 5.35. The van der Waals surface area contributed by atoms with Crippen molar-refractivity contribution in [2.75, 3.05) is 6.54 Å². The minimum absolute atomic E-state index is 0.0720. The maximum absolute atomic E-state index is 11.9. The number of nitrogens with zero attached hydrogens (tertiary/aromatic N) is 1. The molecule has 3 rings (SSSR count). The molecule has 1 aliphatic carbocycles. The maximum Gasteiger partial charge on any atom is 0.242 e. The highest BCUT2D eigenvalue weighted by molar-refractivity contribution is 5.91. The number of hydrogen-bond acceptors (Lipinski definition) is 3. The molecule has 18 heavy (non-hydrogen) atoms. The van der Waals surface area contributed by atoms with Gasteiger partial charge in [0, 0.05) is 25.4 Å². The average Bonchev–Trinajstić information content (AvgIpc) is 2.97. The molecule has 2 saturated heterocycles. The van der Waals surface area contributed by atoms with Crippen LogP contribution in [-0.4, -0.2) is 47.3 Å². The van der Waals surface area contributed by atoms with E-state index < -0.39 is 6.04 Å². The first kappa shape index (κ1) is 11.5. The molecule has 2 unspecified atom stereocenters. The number of carbonyl (C=O) groups excluding carboxylic acids is 3. The molecule has 2 atom stereocenters. The van der Waals surface area contributed by atoms with Gasteiger partial charge in [0.25, 0.3) is 0 Å². The Labute approximate surface area is 105 Å². The summed E-state index contributed by atoms with van der Waals surface area (Å²) in [6, 6.07) is -0.101. The van der Waals surface area contributed by atoms with E-state index in [0.29, 0.717) is 31.8 Å². The average molecular weight is 251 g/mol. The van der Waals surface area contributed by atoms with Gasteiger partial charge >= 0.3 is 0 Å². The molecule has 6 nitrogen and oxygen atoms in total. The quantitative estimate of drug-likeness (QED) is 0.685. The van der Waals surface area contributed by atoms with Crippen molar-refractivity contribution in [3.05, 3.63) is 0 Å². The van der Waals surface area contributed by atoms with E-state index in [0.717, 1.165) is 12.8 Å². The molecule has 2 N–H and O–H groups in total. The summed E-state index contributed by atoms with van der Waals surface area (Å²) >= 11 is 0. The Balaban J connectivity index is 1.52. The van der Waals surface area contributed by atoms with Gasteiger partial charge in [-0.2, -0.15) is 0 Å². The third-order valence-electron chi connectivity index (χ3n) is 3.80. The molecule has 0 aromatic carbocycles. The Kier molecular flexibility index (Phi) is 2.72. The van der Waals surface area contributed by atoms with Crippen molar-refractivity contribution in [3.8, 4) is 0 Å². The molecule has 0 bridgehead atoms. The largest absolute Gasteiger partial charge is 0.349 e. The van der Waals surface area contributed by atoms with Gasteiger partial charge in [-0.15, -0.1) is 0 Å². The molecule has 1 saturated carbocycles. The van der Waals surface area contributed by atoms with Crippen LogP contribution >= 0.6 is 0 Å². The number of carbonyl (C=O) groups is 3. The molecule has 0 radical (unpaired) electrons. The van der Waals surface area contributed by atoms with Gasteiger partial charge in [0.2, 0.25) is 17.7 Å². The van der Waals surface area contributed by atoms with Crippen molar-refractivity contribution in [1.82, 2.24) is 15.5 Å². The first-order chi connectivity index (χ1) is 8.63. The minimum Gasteiger partial charge on any atom is -0.349 e. The number of nitrogens with one attached hydrogen (secondary N) is 2. The first-order valence-electron chi connectivity index (χ1n) is 6.52. The Hall–Kier alpha value is -1.59. The highest BCUT2D eigenvalue weighted by Gasteiger charge is 2.40. The van der Waals surface area contributed by atoms with Crippen molar-refractivity contribution in [2.24, 2.45) is 0 Å². The van der Waals surface area contributed by atoms with E-state index in [-0.39, 0.29) is 23.8 Å². The lowest BCUT2D eigenvalue weighted by molar-refractivity contribution is -0.128. The molecule has 6 heteroatoms. The van der Waals surface area contributed by atoms with Crippen LogP contribution in [0.4, 0.5) is 0 Å². The van der Waals surface area contributed by atoms with E-state index in [4.69, 9.17) is 0 Å². The number of amides is 3. The van der Waals surface area contributed by atoms with Crippen molar-refractivity contribution in [2.45, 2.75) is 50.2 Å². The molecule has 0 spiro atoms. The summed E-state index contributed by atoms with van der Waals surface area (Å²) in [6.07, 6.45) is 3.53. The molecule has 98 valence electrons. The Bertz CT molecular complexity index is 405. The summed E-state index contributed by atoms with van der Waals surface area (Å²) in [5, 5.41) is 5.50. The van der Waals surface area contributed by atoms with Crippen LogP contribution in [-0.2, 0) is 14.4 Å². The number of likely N-dealkylation sites (tertiary alicyclic amines) is 1. The first-order valence-corrected chi connectivity index (χ1v) is 6.52. The number of hydrogen-bond donors (Lipinski definition) is 2. The standard InChI is InChI=1S/C12H17N3O3/c16-10-4-3-9(14-10)12(18)13-7-5-11(17)15(6-7)8-1-2-8/h7-9H,1-6H2,(H,13,18)(H,14,16). The predicted molar refractivity (Wildman–Crippen MR) is 62.4 cm³/mol. The van der Waals surface area contributed by atoms with Crippen molar-refractivity contribution >= 4 is 17.7 Å². The topological polar surface area (TPSA) is 78.5 Å². The smallest absolute Gasteiger partial charge is 0.242 e. The molecular formula is C12H17N3O3. The van der Waals surface area contributed by atoms with Gasteiger partial charge in [-0.25, -0.2) is 0 Å². The normalized spacial score (nSPS) is 31.7. The zero-order valence-electron chi connectivity index (χ0n) is 10.1. The van der Waals surface area contributed by atoms with Crippen molar-refractivity contribution < 1.29 is 14.4 Å². The lowest BCUT2D eigenvalue weighted by atomic mass is 10.2. The fourth-order valence-corrected chi connectivity index (χ4v) is 2.68. The lowest BCUT2D eigenvalue weighted by Crippen LogP contribution is -2.46. The summed E-state index contributed by atoms with van der Waals surface area (Å²) in [7, 11) is 0. The molecule has 3 amide bonds. The van der Waals surface area contributed by atoms with Gasteiger partial charge in [-0.05, 0) is 19.3 Å². The minimum atomic E-state index is -0.414. The summed E-state index contributed by atoms with van der Waals surface area (Å²) in [4.78, 5) is 36.5. The molecular weight excluding hydrogens is 234 g/mol. The summed E-state index contributed by atoms with van der Waals surface area (Å²) < 4.78 is 0. The Morgan fingerprint density at radius 3 is 2.67 bits per heavy atom. The molecule has 3 aliphatic rings. The zero-order valence-corrected chi connectivity index (χ0v) is 10.1. The molecule has 2 heterocycles. The highest BCUT2D eigenvalue weighted by Crippen LogP contribution is 2.30. The zero-order chi connectivity index (χ0) is 12.7. The second-order valence-electron chi connectivity index (χ2n) is 5.35. The van der Waals surface area contributed by atoms with E-state index >= 15 is 0 Å². The van der Waals surface area contributed by atoms with Crippen LogP contribution < -0.4 is 10.6 Å². The van der Waals surface area contributed by atoms with E-state index in [9.17, 15) is 14.4 Å². The van der Waals surface area contributed by atoms with Gasteiger partial charge < -0.3 is 15.5 Å². The van der Waals surface area contributed by atoms with Crippen molar-refractivity contribution in [1.29, 1.82) is 0 Å². The van der Waals surface area contributed by atoms with E-state index in [1.165, 1.54) is 0 Å². The highest BCUT2D eigenvalue weighted by atomic mass is 16.2. The third-order valence-corrected chi connectivity index (χ3v) is 3.80. The Morgan fingerprint density at radius 1 is 1.28 bits per heavy atom. The summed E-state index contributed by atoms with van der Waals surface area (Å²) in [5.41, 5.74) is 0. The van der Waals surface area contributed by atoms with Gasteiger partial charge in [0.05, 0.1) is 6.04 Å². The fourth-order valence-electron chi connectivity index (χ4n) is 2.68. The Morgan fingerprint density at radius 2 is 2.06 bits per heavy atom. The molecule has 2 aliphatic heterocycles. The SMILES string of the molecule is O=C1CCC(C(=O)NC2CC(=O)N(C3CC3)C2)N1. The van der Waals surface area contributed by atoms with Crippen LogP contribution in [0.25, 0.3) is 0 Å². The van der Waals surface area contributed by atoms with Gasteiger partial charge in [0.15, 0.2) is 0 Å². The second kappa shape index (κ2) is 4.26. The lowest BCUT2D eigenvalue weighted by Gasteiger charge is -2.17. The van der Waals surface area contributed by atoms with Crippen LogP contribution in [0, 0.1) is 0 Å². The summed E-state index contributed by atoms with van der Waals surface area (Å²) in [5.74, 6) is -0.0909. The van der Waals surface area contributed by atoms with Crippen molar-refractivity contribution in [3.63, 3.8) is 0 Å². The van der Waals surface area contributed by atoms with Gasteiger partial charge in [-0.3, -0.25) is 14.4 Å². The van der Waals surface area contributed by atoms with Gasteiger partial charge in [0.1, 0.15) is 6.04 Å². The van der Waals surface area contributed by atoms with Crippen LogP contribution in [0.3, 0.4) is 0 Å². The van der Waals surface area contributed by atoms with Crippen LogP contribution in [0.2, 0.25) is 0 Å². The molecule has 3 fully saturated rings. The van der Waals surface area contributed by atoms with Gasteiger partial charge in [-0.1, -0.05) is 0 Å². The monoisotopic (exact) mass is 251 g/mol. The summed E-state index contributed by atoms with van der Waals surface area (Å²) in [6.45, 7) is 0.621. The van der Waals surface area contributed by atoms with E-state index in [2.05, 4.69) is 10.6 Å². The van der Waals surface area contributed by atoms with Crippen LogP contribution in [0.15, 0.2) is 0 Å². The molecule has 0 aromatic rings.